The molecule has 2 atom stereocenters. The summed E-state index contributed by atoms with van der Waals surface area (Å²) in [6, 6.07) is 13.7. The van der Waals surface area contributed by atoms with Gasteiger partial charge in [0.1, 0.15) is 0 Å². The highest BCUT2D eigenvalue weighted by Gasteiger charge is 2.27. The number of amides is 1. The second kappa shape index (κ2) is 7.96. The topological polar surface area (TPSA) is 67.3 Å². The molecule has 1 amide bonds. The molecule has 1 aliphatic heterocycles. The number of benzene rings is 1. The van der Waals surface area contributed by atoms with E-state index in [0.29, 0.717) is 12.4 Å². The monoisotopic (exact) mass is 340 g/mol. The van der Waals surface area contributed by atoms with Crippen LogP contribution >= 0.6 is 0 Å². The molecule has 0 saturated carbocycles. The fourth-order valence-electron chi connectivity index (χ4n) is 3.15. The molecule has 0 bridgehead atoms. The van der Waals surface area contributed by atoms with Crippen molar-refractivity contribution in [1.82, 2.24) is 15.5 Å². The number of carbonyl (C=O) groups excluding carboxylic acids is 1. The van der Waals surface area contributed by atoms with Gasteiger partial charge in [-0.2, -0.15) is 0 Å². The molecule has 25 heavy (non-hydrogen) atoms. The SMILES string of the molecule is COc1ccc(N2CCC[C@H](C(=O)N[C@@H](C)c3ccccc3)C2)nn1. The highest BCUT2D eigenvalue weighted by atomic mass is 16.5. The first kappa shape index (κ1) is 17.2. The van der Waals surface area contributed by atoms with E-state index in [1.54, 1.807) is 13.2 Å². The Labute approximate surface area is 148 Å². The second-order valence-corrected chi connectivity index (χ2v) is 6.36. The van der Waals surface area contributed by atoms with E-state index in [4.69, 9.17) is 4.74 Å². The van der Waals surface area contributed by atoms with Crippen molar-refractivity contribution >= 4 is 11.7 Å². The molecule has 0 unspecified atom stereocenters. The molecular formula is C19H24N4O2. The summed E-state index contributed by atoms with van der Waals surface area (Å²) in [5.74, 6) is 1.34. The molecule has 1 aromatic heterocycles. The number of nitrogens with one attached hydrogen (secondary N) is 1. The van der Waals surface area contributed by atoms with Gasteiger partial charge in [0.25, 0.3) is 0 Å². The number of aromatic nitrogens is 2. The largest absolute Gasteiger partial charge is 0.480 e. The van der Waals surface area contributed by atoms with Crippen molar-refractivity contribution in [2.75, 3.05) is 25.1 Å². The molecular weight excluding hydrogens is 316 g/mol. The summed E-state index contributed by atoms with van der Waals surface area (Å²) in [7, 11) is 1.57. The number of rotatable bonds is 5. The van der Waals surface area contributed by atoms with Crippen LogP contribution in [0.4, 0.5) is 5.82 Å². The van der Waals surface area contributed by atoms with Gasteiger partial charge in [0.15, 0.2) is 5.82 Å². The number of anilines is 1. The van der Waals surface area contributed by atoms with Gasteiger partial charge in [-0.3, -0.25) is 4.79 Å². The molecule has 2 aromatic rings. The summed E-state index contributed by atoms with van der Waals surface area (Å²) >= 11 is 0. The molecule has 1 aromatic carbocycles. The first-order valence-electron chi connectivity index (χ1n) is 8.65. The molecule has 0 aliphatic carbocycles. The third kappa shape index (κ3) is 4.26. The van der Waals surface area contributed by atoms with Gasteiger partial charge in [0, 0.05) is 19.2 Å². The number of nitrogens with zero attached hydrogens (tertiary/aromatic N) is 3. The van der Waals surface area contributed by atoms with Crippen LogP contribution in [0.15, 0.2) is 42.5 Å². The Hall–Kier alpha value is -2.63. The highest BCUT2D eigenvalue weighted by molar-refractivity contribution is 5.80. The maximum atomic E-state index is 12.7. The molecule has 1 fully saturated rings. The van der Waals surface area contributed by atoms with Crippen LogP contribution in [0, 0.1) is 5.92 Å². The number of methoxy groups -OCH3 is 1. The first-order valence-corrected chi connectivity index (χ1v) is 8.65. The third-order valence-corrected chi connectivity index (χ3v) is 4.61. The Morgan fingerprint density at radius 2 is 2.04 bits per heavy atom. The number of hydrogen-bond acceptors (Lipinski definition) is 5. The van der Waals surface area contributed by atoms with E-state index in [1.165, 1.54) is 0 Å². The average molecular weight is 340 g/mol. The molecule has 1 aliphatic rings. The van der Waals surface area contributed by atoms with Crippen LogP contribution in [0.3, 0.4) is 0 Å². The van der Waals surface area contributed by atoms with Crippen LogP contribution < -0.4 is 15.0 Å². The van der Waals surface area contributed by atoms with Gasteiger partial charge in [-0.25, -0.2) is 0 Å². The normalized spacial score (nSPS) is 18.5. The Balaban J connectivity index is 1.61. The van der Waals surface area contributed by atoms with Gasteiger partial charge in [-0.05, 0) is 31.4 Å². The smallest absolute Gasteiger partial charge is 0.233 e. The molecule has 1 N–H and O–H groups in total. The minimum atomic E-state index is -0.0381. The molecule has 0 radical (unpaired) electrons. The lowest BCUT2D eigenvalue weighted by molar-refractivity contribution is -0.125. The molecule has 1 saturated heterocycles. The lowest BCUT2D eigenvalue weighted by Crippen LogP contribution is -2.44. The summed E-state index contributed by atoms with van der Waals surface area (Å²) in [6.45, 7) is 3.57. The Kier molecular flexibility index (Phi) is 5.48. The minimum absolute atomic E-state index is 0.00450. The van der Waals surface area contributed by atoms with Crippen LogP contribution in [-0.2, 0) is 4.79 Å². The maximum Gasteiger partial charge on any atom is 0.233 e. The lowest BCUT2D eigenvalue weighted by Gasteiger charge is -2.33. The molecule has 6 nitrogen and oxygen atoms in total. The zero-order chi connectivity index (χ0) is 17.6. The predicted octanol–water partition coefficient (Wildman–Crippen LogP) is 2.58. The van der Waals surface area contributed by atoms with Gasteiger partial charge in [0.05, 0.1) is 19.1 Å². The van der Waals surface area contributed by atoms with E-state index in [-0.39, 0.29) is 17.9 Å². The van der Waals surface area contributed by atoms with Crippen LogP contribution in [0.1, 0.15) is 31.4 Å². The summed E-state index contributed by atoms with van der Waals surface area (Å²) in [5.41, 5.74) is 1.12. The Bertz CT molecular complexity index is 690. The van der Waals surface area contributed by atoms with Crippen LogP contribution in [0.25, 0.3) is 0 Å². The van der Waals surface area contributed by atoms with Crippen molar-refractivity contribution < 1.29 is 9.53 Å². The number of carbonyl (C=O) groups is 1. The third-order valence-electron chi connectivity index (χ3n) is 4.61. The van der Waals surface area contributed by atoms with Crippen molar-refractivity contribution in [3.8, 4) is 5.88 Å². The number of ether oxygens (including phenoxy) is 1. The van der Waals surface area contributed by atoms with Gasteiger partial charge >= 0.3 is 0 Å². The van der Waals surface area contributed by atoms with Crippen LogP contribution in [0.5, 0.6) is 5.88 Å². The quantitative estimate of drug-likeness (QED) is 0.906. The molecule has 3 rings (SSSR count). The Morgan fingerprint density at radius 3 is 2.72 bits per heavy atom. The van der Waals surface area contributed by atoms with Crippen LogP contribution in [0.2, 0.25) is 0 Å². The van der Waals surface area contributed by atoms with Crippen molar-refractivity contribution in [2.45, 2.75) is 25.8 Å². The molecule has 132 valence electrons. The van der Waals surface area contributed by atoms with E-state index in [1.807, 2.05) is 43.3 Å². The summed E-state index contributed by atoms with van der Waals surface area (Å²) < 4.78 is 5.05. The van der Waals surface area contributed by atoms with Gasteiger partial charge < -0.3 is 15.0 Å². The van der Waals surface area contributed by atoms with Crippen LogP contribution in [-0.4, -0.2) is 36.3 Å². The zero-order valence-electron chi connectivity index (χ0n) is 14.7. The van der Waals surface area contributed by atoms with Gasteiger partial charge in [0.2, 0.25) is 11.8 Å². The maximum absolute atomic E-state index is 12.7. The highest BCUT2D eigenvalue weighted by Crippen LogP contribution is 2.23. The van der Waals surface area contributed by atoms with E-state index >= 15 is 0 Å². The second-order valence-electron chi connectivity index (χ2n) is 6.36. The van der Waals surface area contributed by atoms with E-state index in [2.05, 4.69) is 20.4 Å². The van der Waals surface area contributed by atoms with E-state index in [9.17, 15) is 4.79 Å². The molecule has 0 spiro atoms. The lowest BCUT2D eigenvalue weighted by atomic mass is 9.96. The van der Waals surface area contributed by atoms with Crippen molar-refractivity contribution in [1.29, 1.82) is 0 Å². The first-order chi connectivity index (χ1) is 12.2. The average Bonchev–Trinajstić information content (AvgIpc) is 2.68. The fourth-order valence-corrected chi connectivity index (χ4v) is 3.15. The molecule has 2 heterocycles. The Morgan fingerprint density at radius 1 is 1.24 bits per heavy atom. The van der Waals surface area contributed by atoms with E-state index in [0.717, 1.165) is 30.8 Å². The summed E-state index contributed by atoms with van der Waals surface area (Å²) in [4.78, 5) is 14.8. The number of piperidine rings is 1. The standard InChI is InChI=1S/C19H24N4O2/c1-14(15-7-4-3-5-8-15)20-19(24)16-9-6-12-23(13-16)17-10-11-18(25-2)22-21-17/h3-5,7-8,10-11,14,16H,6,9,12-13H2,1-2H3,(H,20,24)/t14-,16-/m0/s1. The zero-order valence-corrected chi connectivity index (χ0v) is 14.7. The minimum Gasteiger partial charge on any atom is -0.480 e. The summed E-state index contributed by atoms with van der Waals surface area (Å²) in [6.07, 6.45) is 1.86. The van der Waals surface area contributed by atoms with Crippen molar-refractivity contribution in [2.24, 2.45) is 5.92 Å². The van der Waals surface area contributed by atoms with Crippen molar-refractivity contribution in [3.05, 3.63) is 48.0 Å². The van der Waals surface area contributed by atoms with Crippen molar-refractivity contribution in [3.63, 3.8) is 0 Å². The van der Waals surface area contributed by atoms with Gasteiger partial charge in [-0.1, -0.05) is 30.3 Å². The van der Waals surface area contributed by atoms with E-state index < -0.39 is 0 Å². The predicted molar refractivity (Wildman–Crippen MR) is 96.5 cm³/mol. The molecule has 6 heteroatoms. The fraction of sp³-hybridized carbons (Fsp3) is 0.421. The summed E-state index contributed by atoms with van der Waals surface area (Å²) in [5, 5.41) is 11.3. The van der Waals surface area contributed by atoms with Gasteiger partial charge in [-0.15, -0.1) is 10.2 Å². The number of hydrogen-bond donors (Lipinski definition) is 1.